The summed E-state index contributed by atoms with van der Waals surface area (Å²) in [6.45, 7) is 4.66. The monoisotopic (exact) mass is 248 g/mol. The van der Waals surface area contributed by atoms with Crippen LogP contribution in [0.25, 0.3) is 0 Å². The molecule has 18 heavy (non-hydrogen) atoms. The Bertz CT molecular complexity index is 507. The van der Waals surface area contributed by atoms with Crippen molar-refractivity contribution in [3.63, 3.8) is 0 Å². The molecule has 0 saturated carbocycles. The first-order chi connectivity index (χ1) is 8.56. The summed E-state index contributed by atoms with van der Waals surface area (Å²) >= 11 is 0. The molecule has 3 nitrogen and oxygen atoms in total. The molecule has 0 bridgehead atoms. The quantitative estimate of drug-likeness (QED) is 0.831. The Morgan fingerprint density at radius 3 is 2.56 bits per heavy atom. The maximum atomic E-state index is 12.9. The summed E-state index contributed by atoms with van der Waals surface area (Å²) in [4.78, 5) is 2.13. The maximum Gasteiger partial charge on any atom is 0.150 e. The summed E-state index contributed by atoms with van der Waals surface area (Å²) < 4.78 is 18.1. The van der Waals surface area contributed by atoms with Gasteiger partial charge in [0.05, 0.1) is 12.2 Å². The third-order valence-corrected chi connectivity index (χ3v) is 3.10. The van der Waals surface area contributed by atoms with Crippen molar-refractivity contribution < 1.29 is 8.91 Å². The molecule has 96 valence electrons. The summed E-state index contributed by atoms with van der Waals surface area (Å²) in [5.41, 5.74) is 1.96. The fourth-order valence-electron chi connectivity index (χ4n) is 1.87. The van der Waals surface area contributed by atoms with E-state index in [1.807, 2.05) is 32.2 Å². The van der Waals surface area contributed by atoms with Gasteiger partial charge < -0.3 is 4.52 Å². The second kappa shape index (κ2) is 5.31. The fraction of sp³-hybridized carbons (Fsp3) is 0.357. The van der Waals surface area contributed by atoms with Crippen molar-refractivity contribution in [2.45, 2.75) is 26.4 Å². The summed E-state index contributed by atoms with van der Waals surface area (Å²) in [5, 5.41) is 3.86. The zero-order valence-electron chi connectivity index (χ0n) is 10.9. The van der Waals surface area contributed by atoms with Gasteiger partial charge in [-0.2, -0.15) is 0 Å². The van der Waals surface area contributed by atoms with Crippen LogP contribution in [-0.4, -0.2) is 17.1 Å². The Labute approximate surface area is 106 Å². The second-order valence-corrected chi connectivity index (χ2v) is 4.58. The molecule has 0 radical (unpaired) electrons. The molecule has 1 aromatic carbocycles. The molecule has 2 rings (SSSR count). The van der Waals surface area contributed by atoms with Gasteiger partial charge in [-0.1, -0.05) is 17.3 Å². The molecule has 0 spiro atoms. The molecule has 0 aliphatic heterocycles. The van der Waals surface area contributed by atoms with E-state index < -0.39 is 0 Å². The number of aryl methyl sites for hydroxylation is 1. The van der Waals surface area contributed by atoms with Gasteiger partial charge in [0.15, 0.2) is 5.76 Å². The van der Waals surface area contributed by atoms with Crippen molar-refractivity contribution in [1.82, 2.24) is 10.1 Å². The van der Waals surface area contributed by atoms with E-state index in [2.05, 4.69) is 17.0 Å². The molecule has 2 aromatic rings. The van der Waals surface area contributed by atoms with Crippen LogP contribution in [0.15, 0.2) is 34.9 Å². The molecule has 1 atom stereocenters. The van der Waals surface area contributed by atoms with Crippen molar-refractivity contribution in [2.24, 2.45) is 0 Å². The molecule has 0 aliphatic rings. The Morgan fingerprint density at radius 2 is 2.00 bits per heavy atom. The minimum Gasteiger partial charge on any atom is -0.360 e. The fourth-order valence-corrected chi connectivity index (χ4v) is 1.87. The molecular weight excluding hydrogens is 231 g/mol. The Hall–Kier alpha value is -1.68. The molecular formula is C14H17FN2O. The normalized spacial score (nSPS) is 12.9. The van der Waals surface area contributed by atoms with Crippen molar-refractivity contribution >= 4 is 0 Å². The predicted octanol–water partition coefficient (Wildman–Crippen LogP) is 3.32. The van der Waals surface area contributed by atoms with E-state index in [1.165, 1.54) is 12.1 Å². The van der Waals surface area contributed by atoms with Crippen LogP contribution < -0.4 is 0 Å². The minimum absolute atomic E-state index is 0.191. The lowest BCUT2D eigenvalue weighted by molar-refractivity contribution is 0.220. The van der Waals surface area contributed by atoms with Gasteiger partial charge in [-0.15, -0.1) is 0 Å². The van der Waals surface area contributed by atoms with Gasteiger partial charge in [0.2, 0.25) is 0 Å². The lowest BCUT2D eigenvalue weighted by atomic mass is 10.1. The van der Waals surface area contributed by atoms with Crippen LogP contribution in [0.1, 0.15) is 30.0 Å². The van der Waals surface area contributed by atoms with Crippen molar-refractivity contribution in [2.75, 3.05) is 7.05 Å². The van der Waals surface area contributed by atoms with E-state index in [-0.39, 0.29) is 11.9 Å². The highest BCUT2D eigenvalue weighted by molar-refractivity contribution is 5.19. The van der Waals surface area contributed by atoms with Gasteiger partial charge in [-0.25, -0.2) is 4.39 Å². The van der Waals surface area contributed by atoms with E-state index >= 15 is 0 Å². The third kappa shape index (κ3) is 2.96. The molecule has 0 saturated heterocycles. The number of benzene rings is 1. The van der Waals surface area contributed by atoms with E-state index in [4.69, 9.17) is 4.52 Å². The molecule has 0 aliphatic carbocycles. The highest BCUT2D eigenvalue weighted by atomic mass is 19.1. The average Bonchev–Trinajstić information content (AvgIpc) is 2.75. The highest BCUT2D eigenvalue weighted by Gasteiger charge is 2.14. The number of nitrogens with zero attached hydrogens (tertiary/aromatic N) is 2. The summed E-state index contributed by atoms with van der Waals surface area (Å²) in [5.74, 6) is 0.628. The number of halogens is 1. The molecule has 1 aromatic heterocycles. The van der Waals surface area contributed by atoms with Crippen molar-refractivity contribution in [3.05, 3.63) is 53.2 Å². The molecule has 0 fully saturated rings. The summed E-state index contributed by atoms with van der Waals surface area (Å²) in [6.07, 6.45) is 0. The van der Waals surface area contributed by atoms with Crippen LogP contribution in [0, 0.1) is 12.7 Å². The number of rotatable bonds is 4. The first kappa shape index (κ1) is 12.8. The van der Waals surface area contributed by atoms with E-state index in [0.717, 1.165) is 17.0 Å². The zero-order chi connectivity index (χ0) is 13.1. The summed E-state index contributed by atoms with van der Waals surface area (Å²) in [6, 6.07) is 8.70. The standard InChI is InChI=1S/C14H17FN2O/c1-10-8-14(18-16-10)9-17(3)11(2)12-4-6-13(15)7-5-12/h4-8,11H,9H2,1-3H3/t11-/m1/s1. The van der Waals surface area contributed by atoms with Gasteiger partial charge in [0, 0.05) is 12.1 Å². The van der Waals surface area contributed by atoms with E-state index in [9.17, 15) is 4.39 Å². The van der Waals surface area contributed by atoms with Crippen molar-refractivity contribution in [1.29, 1.82) is 0 Å². The van der Waals surface area contributed by atoms with Crippen molar-refractivity contribution in [3.8, 4) is 0 Å². The number of aromatic nitrogens is 1. The first-order valence-corrected chi connectivity index (χ1v) is 5.94. The first-order valence-electron chi connectivity index (χ1n) is 5.94. The van der Waals surface area contributed by atoms with Crippen LogP contribution in [0.2, 0.25) is 0 Å². The Balaban J connectivity index is 2.04. The molecule has 0 N–H and O–H groups in total. The number of hydrogen-bond donors (Lipinski definition) is 0. The van der Waals surface area contributed by atoms with Gasteiger partial charge in [0.25, 0.3) is 0 Å². The highest BCUT2D eigenvalue weighted by Crippen LogP contribution is 2.21. The van der Waals surface area contributed by atoms with Crippen LogP contribution in [0.4, 0.5) is 4.39 Å². The average molecular weight is 248 g/mol. The third-order valence-electron chi connectivity index (χ3n) is 3.10. The van der Waals surface area contributed by atoms with Crippen LogP contribution >= 0.6 is 0 Å². The maximum absolute atomic E-state index is 12.9. The number of hydrogen-bond acceptors (Lipinski definition) is 3. The zero-order valence-corrected chi connectivity index (χ0v) is 10.9. The lowest BCUT2D eigenvalue weighted by Crippen LogP contribution is -2.21. The largest absolute Gasteiger partial charge is 0.360 e. The predicted molar refractivity (Wildman–Crippen MR) is 67.5 cm³/mol. The van der Waals surface area contributed by atoms with Gasteiger partial charge in [-0.05, 0) is 38.6 Å². The van der Waals surface area contributed by atoms with Crippen LogP contribution in [-0.2, 0) is 6.54 Å². The molecule has 0 amide bonds. The summed E-state index contributed by atoms with van der Waals surface area (Å²) in [7, 11) is 2.01. The lowest BCUT2D eigenvalue weighted by Gasteiger charge is -2.23. The topological polar surface area (TPSA) is 29.3 Å². The molecule has 1 heterocycles. The van der Waals surface area contributed by atoms with Crippen LogP contribution in [0.5, 0.6) is 0 Å². The second-order valence-electron chi connectivity index (χ2n) is 4.58. The van der Waals surface area contributed by atoms with Gasteiger partial charge in [-0.3, -0.25) is 4.90 Å². The van der Waals surface area contributed by atoms with Gasteiger partial charge >= 0.3 is 0 Å². The van der Waals surface area contributed by atoms with E-state index in [1.54, 1.807) is 0 Å². The SMILES string of the molecule is Cc1cc(CN(C)[C@H](C)c2ccc(F)cc2)on1. The molecule has 4 heteroatoms. The van der Waals surface area contributed by atoms with Crippen LogP contribution in [0.3, 0.4) is 0 Å². The minimum atomic E-state index is -0.209. The Morgan fingerprint density at radius 1 is 1.33 bits per heavy atom. The van der Waals surface area contributed by atoms with E-state index in [0.29, 0.717) is 6.54 Å². The Kier molecular flexibility index (Phi) is 3.77. The molecule has 0 unspecified atom stereocenters. The van der Waals surface area contributed by atoms with Gasteiger partial charge in [0.1, 0.15) is 5.82 Å². The smallest absolute Gasteiger partial charge is 0.150 e.